The first-order valence-electron chi connectivity index (χ1n) is 11.1. The Morgan fingerprint density at radius 3 is 2.34 bits per heavy atom. The highest BCUT2D eigenvalue weighted by atomic mass is 35.5. The Balaban J connectivity index is 1.18. The van der Waals surface area contributed by atoms with E-state index >= 15 is 0 Å². The Morgan fingerprint density at radius 2 is 1.69 bits per heavy atom. The van der Waals surface area contributed by atoms with Gasteiger partial charge in [0.25, 0.3) is 5.91 Å². The minimum Gasteiger partial charge on any atom is -0.368 e. The van der Waals surface area contributed by atoms with Crippen LogP contribution in [0.3, 0.4) is 0 Å². The molecule has 9 nitrogen and oxygen atoms in total. The second-order valence-electron chi connectivity index (χ2n) is 8.55. The van der Waals surface area contributed by atoms with Gasteiger partial charge in [-0.1, -0.05) is 24.4 Å². The molecular formula is C22H28ClN5O4. The van der Waals surface area contributed by atoms with Gasteiger partial charge < -0.3 is 20.4 Å². The van der Waals surface area contributed by atoms with E-state index in [9.17, 15) is 19.2 Å². The van der Waals surface area contributed by atoms with Crippen molar-refractivity contribution in [3.8, 4) is 0 Å². The highest BCUT2D eigenvalue weighted by Gasteiger charge is 2.52. The average molecular weight is 462 g/mol. The lowest BCUT2D eigenvalue weighted by atomic mass is 9.98. The van der Waals surface area contributed by atoms with E-state index in [-0.39, 0.29) is 37.2 Å². The molecule has 10 heteroatoms. The fourth-order valence-electron chi connectivity index (χ4n) is 4.65. The smallest absolute Gasteiger partial charge is 0.325 e. The molecule has 32 heavy (non-hydrogen) atoms. The summed E-state index contributed by atoms with van der Waals surface area (Å²) in [5.74, 6) is -0.734. The van der Waals surface area contributed by atoms with Crippen LogP contribution >= 0.6 is 11.6 Å². The van der Waals surface area contributed by atoms with Crippen molar-refractivity contribution in [1.82, 2.24) is 20.4 Å². The predicted octanol–water partition coefficient (Wildman–Crippen LogP) is 1.36. The zero-order chi connectivity index (χ0) is 22.7. The molecule has 0 bridgehead atoms. The van der Waals surface area contributed by atoms with E-state index in [0.29, 0.717) is 44.0 Å². The average Bonchev–Trinajstić information content (AvgIpc) is 3.36. The van der Waals surface area contributed by atoms with Crippen LogP contribution in [0, 0.1) is 0 Å². The molecule has 5 amide bonds. The number of hydrogen-bond acceptors (Lipinski definition) is 5. The van der Waals surface area contributed by atoms with Crippen LogP contribution in [0.15, 0.2) is 24.3 Å². The summed E-state index contributed by atoms with van der Waals surface area (Å²) in [5, 5.41) is 6.10. The molecule has 1 spiro atoms. The van der Waals surface area contributed by atoms with Crippen LogP contribution in [-0.4, -0.2) is 78.4 Å². The lowest BCUT2D eigenvalue weighted by Crippen LogP contribution is -2.51. The first-order valence-corrected chi connectivity index (χ1v) is 11.4. The summed E-state index contributed by atoms with van der Waals surface area (Å²) in [5.41, 5.74) is 0.298. The maximum Gasteiger partial charge on any atom is 0.325 e. The van der Waals surface area contributed by atoms with E-state index in [0.717, 1.165) is 23.4 Å². The zero-order valence-corrected chi connectivity index (χ0v) is 18.7. The third-order valence-corrected chi connectivity index (χ3v) is 6.78. The van der Waals surface area contributed by atoms with Crippen molar-refractivity contribution in [2.75, 3.05) is 44.2 Å². The highest BCUT2D eigenvalue weighted by Crippen LogP contribution is 2.35. The topological polar surface area (TPSA) is 102 Å². The van der Waals surface area contributed by atoms with Crippen LogP contribution < -0.4 is 15.5 Å². The number of carbonyl (C=O) groups is 4. The minimum atomic E-state index is -0.766. The van der Waals surface area contributed by atoms with Gasteiger partial charge in [-0.05, 0) is 37.1 Å². The first-order chi connectivity index (χ1) is 15.4. The maximum atomic E-state index is 12.6. The van der Waals surface area contributed by atoms with Gasteiger partial charge >= 0.3 is 6.03 Å². The van der Waals surface area contributed by atoms with E-state index < -0.39 is 11.6 Å². The summed E-state index contributed by atoms with van der Waals surface area (Å²) < 4.78 is 0. The molecular weight excluding hydrogens is 434 g/mol. The van der Waals surface area contributed by atoms with E-state index in [1.165, 1.54) is 0 Å². The number of carbonyl (C=O) groups excluding carboxylic acids is 4. The number of anilines is 1. The number of hydrogen-bond donors (Lipinski definition) is 2. The largest absolute Gasteiger partial charge is 0.368 e. The zero-order valence-electron chi connectivity index (χ0n) is 17.9. The fraction of sp³-hybridized carbons (Fsp3) is 0.545. The van der Waals surface area contributed by atoms with Crippen molar-refractivity contribution < 1.29 is 19.2 Å². The van der Waals surface area contributed by atoms with Crippen LogP contribution in [0.1, 0.15) is 32.1 Å². The molecule has 172 valence electrons. The number of nitrogens with one attached hydrogen (secondary N) is 2. The molecule has 1 saturated carbocycles. The standard InChI is InChI=1S/C22H28ClN5O4/c23-16-3-5-17(6-4-16)26-11-13-27(14-12-26)19(30)15-24-18(29)7-10-28-20(31)22(25-21(28)32)8-1-2-9-22/h3-6H,1-2,7-15H2,(H,24,29)(H,25,32). The summed E-state index contributed by atoms with van der Waals surface area (Å²) in [6.45, 7) is 2.48. The molecule has 0 unspecified atom stereocenters. The van der Waals surface area contributed by atoms with Crippen LogP contribution in [0.25, 0.3) is 0 Å². The Morgan fingerprint density at radius 1 is 1.03 bits per heavy atom. The van der Waals surface area contributed by atoms with Crippen molar-refractivity contribution in [3.05, 3.63) is 29.3 Å². The third-order valence-electron chi connectivity index (χ3n) is 6.53. The molecule has 3 fully saturated rings. The van der Waals surface area contributed by atoms with E-state index in [1.54, 1.807) is 4.90 Å². The van der Waals surface area contributed by atoms with Gasteiger partial charge in [-0.2, -0.15) is 0 Å². The molecule has 2 saturated heterocycles. The quantitative estimate of drug-likeness (QED) is 0.623. The van der Waals surface area contributed by atoms with Crippen molar-refractivity contribution in [2.45, 2.75) is 37.6 Å². The monoisotopic (exact) mass is 461 g/mol. The molecule has 0 atom stereocenters. The number of imide groups is 1. The number of urea groups is 1. The van der Waals surface area contributed by atoms with Crippen molar-refractivity contribution in [2.24, 2.45) is 0 Å². The molecule has 0 radical (unpaired) electrons. The molecule has 2 heterocycles. The van der Waals surface area contributed by atoms with Crippen molar-refractivity contribution >= 4 is 41.0 Å². The van der Waals surface area contributed by atoms with Gasteiger partial charge in [0, 0.05) is 49.9 Å². The van der Waals surface area contributed by atoms with Crippen LogP contribution in [-0.2, 0) is 14.4 Å². The molecule has 1 aromatic rings. The van der Waals surface area contributed by atoms with Gasteiger partial charge in [0.1, 0.15) is 5.54 Å². The molecule has 1 aromatic carbocycles. The van der Waals surface area contributed by atoms with E-state index in [2.05, 4.69) is 15.5 Å². The summed E-state index contributed by atoms with van der Waals surface area (Å²) in [4.78, 5) is 54.5. The minimum absolute atomic E-state index is 0.0200. The third kappa shape index (κ3) is 4.67. The number of piperazine rings is 1. The van der Waals surface area contributed by atoms with Gasteiger partial charge in [-0.15, -0.1) is 0 Å². The lowest BCUT2D eigenvalue weighted by molar-refractivity contribution is -0.134. The molecule has 0 aromatic heterocycles. The van der Waals surface area contributed by atoms with Gasteiger partial charge in [-0.3, -0.25) is 19.3 Å². The number of amides is 5. The second kappa shape index (κ2) is 9.36. The summed E-state index contributed by atoms with van der Waals surface area (Å²) >= 11 is 5.93. The Hall–Kier alpha value is -2.81. The van der Waals surface area contributed by atoms with Crippen LogP contribution in [0.5, 0.6) is 0 Å². The van der Waals surface area contributed by atoms with E-state index in [1.807, 2.05) is 24.3 Å². The van der Waals surface area contributed by atoms with Gasteiger partial charge in [0.2, 0.25) is 11.8 Å². The number of halogens is 1. The second-order valence-corrected chi connectivity index (χ2v) is 8.98. The number of rotatable bonds is 6. The lowest BCUT2D eigenvalue weighted by Gasteiger charge is -2.36. The fourth-order valence-corrected chi connectivity index (χ4v) is 4.78. The Bertz CT molecular complexity index is 892. The molecule has 1 aliphatic carbocycles. The molecule has 2 N–H and O–H groups in total. The summed E-state index contributed by atoms with van der Waals surface area (Å²) in [6.07, 6.45) is 3.11. The highest BCUT2D eigenvalue weighted by molar-refractivity contribution is 6.30. The van der Waals surface area contributed by atoms with Crippen LogP contribution in [0.2, 0.25) is 5.02 Å². The number of nitrogens with zero attached hydrogens (tertiary/aromatic N) is 3. The van der Waals surface area contributed by atoms with Gasteiger partial charge in [0.15, 0.2) is 0 Å². The summed E-state index contributed by atoms with van der Waals surface area (Å²) in [7, 11) is 0. The Labute approximate surface area is 192 Å². The maximum absolute atomic E-state index is 12.6. The number of benzene rings is 1. The predicted molar refractivity (Wildman–Crippen MR) is 119 cm³/mol. The van der Waals surface area contributed by atoms with Crippen molar-refractivity contribution in [1.29, 1.82) is 0 Å². The molecule has 3 aliphatic rings. The van der Waals surface area contributed by atoms with Crippen LogP contribution in [0.4, 0.5) is 10.5 Å². The van der Waals surface area contributed by atoms with Gasteiger partial charge in [-0.25, -0.2) is 4.79 Å². The SMILES string of the molecule is O=C(CCN1C(=O)NC2(CCCC2)C1=O)NCC(=O)N1CCN(c2ccc(Cl)cc2)CC1. The van der Waals surface area contributed by atoms with Gasteiger partial charge in [0.05, 0.1) is 6.54 Å². The first kappa shape index (κ1) is 22.4. The normalized spacial score (nSPS) is 20.1. The molecule has 4 rings (SSSR count). The molecule has 2 aliphatic heterocycles. The summed E-state index contributed by atoms with van der Waals surface area (Å²) in [6, 6.07) is 7.17. The van der Waals surface area contributed by atoms with Crippen molar-refractivity contribution in [3.63, 3.8) is 0 Å². The Kier molecular flexibility index (Phi) is 6.55. The van der Waals surface area contributed by atoms with E-state index in [4.69, 9.17) is 11.6 Å².